The zero-order chi connectivity index (χ0) is 22.3. The van der Waals surface area contributed by atoms with Gasteiger partial charge in [0, 0.05) is 12.7 Å². The van der Waals surface area contributed by atoms with Crippen LogP contribution in [-0.2, 0) is 30.8 Å². The Labute approximate surface area is 176 Å². The number of hydrogen-bond acceptors (Lipinski definition) is 6. The van der Waals surface area contributed by atoms with Crippen molar-refractivity contribution in [3.8, 4) is 5.75 Å². The van der Waals surface area contributed by atoms with E-state index in [1.165, 1.54) is 26.3 Å². The van der Waals surface area contributed by atoms with Crippen molar-refractivity contribution in [3.63, 3.8) is 0 Å². The molecule has 0 saturated heterocycles. The Balaban J connectivity index is 1.99. The van der Waals surface area contributed by atoms with Gasteiger partial charge in [0.2, 0.25) is 15.9 Å². The normalized spacial score (nSPS) is 11.2. The van der Waals surface area contributed by atoms with E-state index in [0.29, 0.717) is 23.6 Å². The summed E-state index contributed by atoms with van der Waals surface area (Å²) in [4.78, 5) is 23.9. The van der Waals surface area contributed by atoms with Gasteiger partial charge >= 0.3 is 5.97 Å². The van der Waals surface area contributed by atoms with Gasteiger partial charge in [0.25, 0.3) is 0 Å². The minimum absolute atomic E-state index is 0.0828. The Morgan fingerprint density at radius 1 is 1.10 bits per heavy atom. The van der Waals surface area contributed by atoms with Crippen molar-refractivity contribution in [2.45, 2.75) is 25.2 Å². The van der Waals surface area contributed by atoms with Crippen LogP contribution in [0.3, 0.4) is 0 Å². The maximum Gasteiger partial charge on any atom is 0.310 e. The van der Waals surface area contributed by atoms with E-state index in [0.717, 1.165) is 9.87 Å². The number of ether oxygens (including phenoxy) is 2. The second-order valence-corrected chi connectivity index (χ2v) is 8.66. The van der Waals surface area contributed by atoms with Crippen LogP contribution in [0.1, 0.15) is 18.1 Å². The van der Waals surface area contributed by atoms with Crippen LogP contribution < -0.4 is 10.1 Å². The molecule has 0 aromatic heterocycles. The second-order valence-electron chi connectivity index (χ2n) is 6.62. The number of hydrogen-bond donors (Lipinski definition) is 1. The molecule has 2 aromatic rings. The van der Waals surface area contributed by atoms with Gasteiger partial charge in [-0.2, -0.15) is 4.31 Å². The highest BCUT2D eigenvalue weighted by molar-refractivity contribution is 7.89. The molecule has 0 heterocycles. The number of aryl methyl sites for hydroxylation is 1. The van der Waals surface area contributed by atoms with E-state index < -0.39 is 15.9 Å². The average Bonchev–Trinajstić information content (AvgIpc) is 2.69. The van der Waals surface area contributed by atoms with E-state index in [-0.39, 0.29) is 23.8 Å². The summed E-state index contributed by atoms with van der Waals surface area (Å²) in [5, 5.41) is 2.65. The first-order valence-corrected chi connectivity index (χ1v) is 10.8. The summed E-state index contributed by atoms with van der Waals surface area (Å²) in [5.41, 5.74) is 1.93. The second kappa shape index (κ2) is 10.2. The van der Waals surface area contributed by atoms with Crippen molar-refractivity contribution >= 4 is 27.6 Å². The van der Waals surface area contributed by atoms with Crippen LogP contribution in [0.15, 0.2) is 47.4 Å². The fourth-order valence-electron chi connectivity index (χ4n) is 2.76. The SMILES string of the molecule is CCOC(=O)Cc1ccc(NC(=O)CN(C)S(=O)(=O)c2ccc(OC)c(C)c2)cc1. The Kier molecular flexibility index (Phi) is 7.96. The van der Waals surface area contributed by atoms with E-state index in [4.69, 9.17) is 9.47 Å². The molecule has 0 bridgehead atoms. The Hall–Kier alpha value is -2.91. The van der Waals surface area contributed by atoms with Crippen molar-refractivity contribution in [2.24, 2.45) is 0 Å². The predicted molar refractivity (Wildman–Crippen MR) is 113 cm³/mol. The molecule has 1 N–H and O–H groups in total. The molecule has 0 spiro atoms. The molecule has 2 aromatic carbocycles. The lowest BCUT2D eigenvalue weighted by molar-refractivity contribution is -0.142. The van der Waals surface area contributed by atoms with Crippen LogP contribution in [0, 0.1) is 6.92 Å². The highest BCUT2D eigenvalue weighted by atomic mass is 32.2. The molecule has 0 aliphatic heterocycles. The third kappa shape index (κ3) is 6.04. The van der Waals surface area contributed by atoms with Gasteiger partial charge in [0.05, 0.1) is 31.6 Å². The van der Waals surface area contributed by atoms with E-state index in [1.807, 2.05) is 0 Å². The summed E-state index contributed by atoms with van der Waals surface area (Å²) in [6.07, 6.45) is 0.143. The van der Waals surface area contributed by atoms with Gasteiger partial charge in [-0.05, 0) is 55.3 Å². The first-order chi connectivity index (χ1) is 14.2. The molecule has 0 atom stereocenters. The number of nitrogens with zero attached hydrogens (tertiary/aromatic N) is 1. The largest absolute Gasteiger partial charge is 0.496 e. The molecule has 2 rings (SSSR count). The minimum atomic E-state index is -3.83. The molecule has 30 heavy (non-hydrogen) atoms. The Morgan fingerprint density at radius 2 is 1.77 bits per heavy atom. The lowest BCUT2D eigenvalue weighted by atomic mass is 10.1. The van der Waals surface area contributed by atoms with Crippen LogP contribution in [-0.4, -0.2) is 51.9 Å². The minimum Gasteiger partial charge on any atom is -0.496 e. The maximum absolute atomic E-state index is 12.7. The molecule has 0 unspecified atom stereocenters. The van der Waals surface area contributed by atoms with Crippen molar-refractivity contribution in [3.05, 3.63) is 53.6 Å². The van der Waals surface area contributed by atoms with Gasteiger partial charge < -0.3 is 14.8 Å². The van der Waals surface area contributed by atoms with E-state index in [2.05, 4.69) is 5.32 Å². The first-order valence-electron chi connectivity index (χ1n) is 9.32. The Morgan fingerprint density at radius 3 is 2.33 bits per heavy atom. The number of carbonyl (C=O) groups excluding carboxylic acids is 2. The molecule has 162 valence electrons. The van der Waals surface area contributed by atoms with Gasteiger partial charge in [-0.15, -0.1) is 0 Å². The van der Waals surface area contributed by atoms with Crippen LogP contribution >= 0.6 is 0 Å². The highest BCUT2D eigenvalue weighted by Crippen LogP contribution is 2.23. The third-order valence-corrected chi connectivity index (χ3v) is 6.13. The molecule has 1 amide bonds. The smallest absolute Gasteiger partial charge is 0.310 e. The molecule has 0 fully saturated rings. The predicted octanol–water partition coefficient (Wildman–Crippen LogP) is 2.37. The van der Waals surface area contributed by atoms with E-state index in [9.17, 15) is 18.0 Å². The number of methoxy groups -OCH3 is 1. The quantitative estimate of drug-likeness (QED) is 0.608. The lowest BCUT2D eigenvalue weighted by Gasteiger charge is -2.18. The standard InChI is InChI=1S/C21H26N2O6S/c1-5-29-21(25)13-16-6-8-17(9-7-16)22-20(24)14-23(3)30(26,27)18-10-11-19(28-4)15(2)12-18/h6-12H,5,13-14H2,1-4H3,(H,22,24). The number of rotatable bonds is 9. The number of carbonyl (C=O) groups is 2. The summed E-state index contributed by atoms with van der Waals surface area (Å²) in [6.45, 7) is 3.46. The fraction of sp³-hybridized carbons (Fsp3) is 0.333. The zero-order valence-electron chi connectivity index (χ0n) is 17.5. The van der Waals surface area contributed by atoms with Crippen molar-refractivity contribution in [1.82, 2.24) is 4.31 Å². The van der Waals surface area contributed by atoms with Gasteiger partial charge in [-0.1, -0.05) is 12.1 Å². The number of anilines is 1. The summed E-state index contributed by atoms with van der Waals surface area (Å²) in [5.74, 6) is -0.222. The third-order valence-electron chi connectivity index (χ3n) is 4.33. The Bertz CT molecular complexity index is 1000. The fourth-order valence-corrected chi connectivity index (χ4v) is 3.98. The van der Waals surface area contributed by atoms with Crippen LogP contribution in [0.4, 0.5) is 5.69 Å². The first kappa shape index (κ1) is 23.4. The number of esters is 1. The number of benzene rings is 2. The molecule has 8 nitrogen and oxygen atoms in total. The van der Waals surface area contributed by atoms with Crippen molar-refractivity contribution in [1.29, 1.82) is 0 Å². The molecular formula is C21H26N2O6S. The van der Waals surface area contributed by atoms with Crippen LogP contribution in [0.25, 0.3) is 0 Å². The van der Waals surface area contributed by atoms with Gasteiger partial charge in [-0.25, -0.2) is 8.42 Å². The van der Waals surface area contributed by atoms with Gasteiger partial charge in [0.15, 0.2) is 0 Å². The van der Waals surface area contributed by atoms with Crippen molar-refractivity contribution < 1.29 is 27.5 Å². The zero-order valence-corrected chi connectivity index (χ0v) is 18.3. The topological polar surface area (TPSA) is 102 Å². The number of sulfonamides is 1. The summed E-state index contributed by atoms with van der Waals surface area (Å²) >= 11 is 0. The average molecular weight is 435 g/mol. The highest BCUT2D eigenvalue weighted by Gasteiger charge is 2.23. The van der Waals surface area contributed by atoms with Gasteiger partial charge in [0.1, 0.15) is 5.75 Å². The molecule has 0 aliphatic rings. The summed E-state index contributed by atoms with van der Waals surface area (Å²) < 4.78 is 36.5. The van der Waals surface area contributed by atoms with Crippen LogP contribution in [0.5, 0.6) is 5.75 Å². The van der Waals surface area contributed by atoms with Gasteiger partial charge in [-0.3, -0.25) is 9.59 Å². The van der Waals surface area contributed by atoms with E-state index >= 15 is 0 Å². The molecule has 9 heteroatoms. The van der Waals surface area contributed by atoms with Crippen molar-refractivity contribution in [2.75, 3.05) is 32.6 Å². The molecular weight excluding hydrogens is 408 g/mol. The molecule has 0 radical (unpaired) electrons. The lowest BCUT2D eigenvalue weighted by Crippen LogP contribution is -2.35. The maximum atomic E-state index is 12.7. The van der Waals surface area contributed by atoms with Crippen LogP contribution in [0.2, 0.25) is 0 Å². The summed E-state index contributed by atoms with van der Waals surface area (Å²) in [6, 6.07) is 11.2. The number of amides is 1. The molecule has 0 saturated carbocycles. The summed E-state index contributed by atoms with van der Waals surface area (Å²) in [7, 11) is -0.980. The van der Waals surface area contributed by atoms with E-state index in [1.54, 1.807) is 44.2 Å². The monoisotopic (exact) mass is 434 g/mol. The number of likely N-dealkylation sites (N-methyl/N-ethyl adjacent to an activating group) is 1. The molecule has 0 aliphatic carbocycles. The number of nitrogens with one attached hydrogen (secondary N) is 1.